The van der Waals surface area contributed by atoms with Crippen molar-refractivity contribution in [2.24, 2.45) is 0 Å². The van der Waals surface area contributed by atoms with Gasteiger partial charge in [-0.1, -0.05) is 11.6 Å². The summed E-state index contributed by atoms with van der Waals surface area (Å²) in [6.45, 7) is 4.48. The van der Waals surface area contributed by atoms with Crippen molar-refractivity contribution in [2.45, 2.75) is 43.7 Å². The summed E-state index contributed by atoms with van der Waals surface area (Å²) >= 11 is 6.27. The maximum atomic E-state index is 13.2. The van der Waals surface area contributed by atoms with Gasteiger partial charge >= 0.3 is 5.97 Å². The summed E-state index contributed by atoms with van der Waals surface area (Å²) in [6.07, 6.45) is 3.14. The van der Waals surface area contributed by atoms with Crippen LogP contribution in [0.3, 0.4) is 0 Å². The molecule has 0 aliphatic carbocycles. The van der Waals surface area contributed by atoms with Crippen molar-refractivity contribution in [3.8, 4) is 0 Å². The number of hydrogen-bond acceptors (Lipinski definition) is 5. The number of benzene rings is 1. The maximum absolute atomic E-state index is 13.2. The summed E-state index contributed by atoms with van der Waals surface area (Å²) < 4.78 is 33.7. The topological polar surface area (TPSA) is 88.9 Å². The maximum Gasteiger partial charge on any atom is 0.354 e. The van der Waals surface area contributed by atoms with E-state index >= 15 is 0 Å². The predicted octanol–water partition coefficient (Wildman–Crippen LogP) is 3.43. The van der Waals surface area contributed by atoms with E-state index in [2.05, 4.69) is 0 Å². The number of carbonyl (C=O) groups is 2. The van der Waals surface area contributed by atoms with Gasteiger partial charge in [-0.3, -0.25) is 4.79 Å². The molecule has 0 atom stereocenters. The molecule has 10 heteroatoms. The summed E-state index contributed by atoms with van der Waals surface area (Å²) in [6, 6.07) is 7.56. The average molecular weight is 482 g/mol. The van der Waals surface area contributed by atoms with Gasteiger partial charge in [0.25, 0.3) is 5.91 Å². The highest BCUT2D eigenvalue weighted by Crippen LogP contribution is 2.29. The highest BCUT2D eigenvalue weighted by molar-refractivity contribution is 7.89. The first-order valence-corrected chi connectivity index (χ1v) is 12.2. The molecule has 0 unspecified atom stereocenters. The van der Waals surface area contributed by atoms with E-state index in [1.807, 2.05) is 10.8 Å². The van der Waals surface area contributed by atoms with E-state index in [0.29, 0.717) is 31.6 Å². The third kappa shape index (κ3) is 4.69. The van der Waals surface area contributed by atoms with E-state index in [0.717, 1.165) is 0 Å². The van der Waals surface area contributed by atoms with Crippen molar-refractivity contribution >= 4 is 33.5 Å². The fourth-order valence-electron chi connectivity index (χ4n) is 3.78. The third-order valence-corrected chi connectivity index (χ3v) is 8.25. The van der Waals surface area contributed by atoms with Crippen LogP contribution in [0.15, 0.2) is 41.4 Å². The molecule has 174 valence electrons. The van der Waals surface area contributed by atoms with Crippen LogP contribution in [0.1, 0.15) is 53.6 Å². The monoisotopic (exact) mass is 481 g/mol. The number of amides is 1. The standard InChI is InChI=1S/C22H28ClN3O5S/c1-15(2)24(3)32(29,30)17-7-8-19(23)18(14-17)21(27)25-12-9-16(10-13-25)26-11-5-6-20(26)22(28)31-4/h5-8,11,14-16H,9-10,12-13H2,1-4H3. The number of aromatic nitrogens is 1. The van der Waals surface area contributed by atoms with Crippen LogP contribution in [0.25, 0.3) is 0 Å². The average Bonchev–Trinajstić information content (AvgIpc) is 3.27. The lowest BCUT2D eigenvalue weighted by Crippen LogP contribution is -2.39. The molecule has 1 aliphatic heterocycles. The van der Waals surface area contributed by atoms with E-state index in [1.165, 1.54) is 36.7 Å². The van der Waals surface area contributed by atoms with Gasteiger partial charge < -0.3 is 14.2 Å². The van der Waals surface area contributed by atoms with Gasteiger partial charge in [0.15, 0.2) is 0 Å². The van der Waals surface area contributed by atoms with Gasteiger partial charge in [-0.05, 0) is 57.0 Å². The van der Waals surface area contributed by atoms with Gasteiger partial charge in [0.05, 0.1) is 22.6 Å². The summed E-state index contributed by atoms with van der Waals surface area (Å²) in [7, 11) is -0.889. The first kappa shape index (κ1) is 24.3. The Hall–Kier alpha value is -2.36. The minimum atomic E-state index is -3.74. The van der Waals surface area contributed by atoms with Crippen LogP contribution in [0.5, 0.6) is 0 Å². The summed E-state index contributed by atoms with van der Waals surface area (Å²) in [5, 5.41) is 0.210. The number of halogens is 1. The normalized spacial score (nSPS) is 15.4. The molecule has 1 aromatic carbocycles. The van der Waals surface area contributed by atoms with Crippen LogP contribution in [0.2, 0.25) is 5.02 Å². The molecule has 0 N–H and O–H groups in total. The quantitative estimate of drug-likeness (QED) is 0.590. The van der Waals surface area contributed by atoms with Gasteiger partial charge in [0, 0.05) is 38.4 Å². The number of ether oxygens (including phenoxy) is 1. The van der Waals surface area contributed by atoms with Gasteiger partial charge in [-0.25, -0.2) is 13.2 Å². The van der Waals surface area contributed by atoms with Gasteiger partial charge in [0.2, 0.25) is 10.0 Å². The summed E-state index contributed by atoms with van der Waals surface area (Å²) in [4.78, 5) is 26.8. The van der Waals surface area contributed by atoms with Crippen LogP contribution in [0, 0.1) is 0 Å². The van der Waals surface area contributed by atoms with Gasteiger partial charge in [0.1, 0.15) is 5.69 Å². The van der Waals surface area contributed by atoms with Crippen molar-refractivity contribution in [1.82, 2.24) is 13.8 Å². The van der Waals surface area contributed by atoms with Crippen LogP contribution < -0.4 is 0 Å². The van der Waals surface area contributed by atoms with Crippen molar-refractivity contribution in [3.63, 3.8) is 0 Å². The Balaban J connectivity index is 1.77. The molecule has 0 saturated carbocycles. The smallest absolute Gasteiger partial charge is 0.354 e. The lowest BCUT2D eigenvalue weighted by Gasteiger charge is -2.33. The molecule has 0 bridgehead atoms. The SMILES string of the molecule is COC(=O)c1cccn1C1CCN(C(=O)c2cc(S(=O)(=O)N(C)C(C)C)ccc2Cl)CC1. The Bertz CT molecular complexity index is 1100. The first-order chi connectivity index (χ1) is 15.1. The molecule has 1 aliphatic rings. The minimum absolute atomic E-state index is 0.0337. The second-order valence-corrected chi connectivity index (χ2v) is 10.5. The van der Waals surface area contributed by atoms with Crippen molar-refractivity contribution in [1.29, 1.82) is 0 Å². The molecule has 2 heterocycles. The number of rotatable bonds is 6. The molecule has 3 rings (SSSR count). The lowest BCUT2D eigenvalue weighted by molar-refractivity contribution is 0.0573. The lowest BCUT2D eigenvalue weighted by atomic mass is 10.0. The number of likely N-dealkylation sites (tertiary alicyclic amines) is 1. The Morgan fingerprint density at radius 1 is 1.19 bits per heavy atom. The number of esters is 1. The third-order valence-electron chi connectivity index (χ3n) is 5.89. The number of nitrogens with zero attached hydrogens (tertiary/aromatic N) is 3. The molecule has 1 amide bonds. The van der Waals surface area contributed by atoms with E-state index in [1.54, 1.807) is 30.9 Å². The molecular formula is C22H28ClN3O5S. The highest BCUT2D eigenvalue weighted by atomic mass is 35.5. The highest BCUT2D eigenvalue weighted by Gasteiger charge is 2.29. The van der Waals surface area contributed by atoms with Gasteiger partial charge in [-0.2, -0.15) is 4.31 Å². The largest absolute Gasteiger partial charge is 0.464 e. The number of methoxy groups -OCH3 is 1. The van der Waals surface area contributed by atoms with Crippen LogP contribution in [-0.2, 0) is 14.8 Å². The van der Waals surface area contributed by atoms with Crippen LogP contribution in [0.4, 0.5) is 0 Å². The fraction of sp³-hybridized carbons (Fsp3) is 0.455. The fourth-order valence-corrected chi connectivity index (χ4v) is 5.37. The van der Waals surface area contributed by atoms with E-state index in [9.17, 15) is 18.0 Å². The second-order valence-electron chi connectivity index (χ2n) is 8.07. The molecular weight excluding hydrogens is 454 g/mol. The zero-order valence-electron chi connectivity index (χ0n) is 18.6. The molecule has 1 fully saturated rings. The summed E-state index contributed by atoms with van der Waals surface area (Å²) in [5.74, 6) is -0.705. The molecule has 0 radical (unpaired) electrons. The number of piperidine rings is 1. The van der Waals surface area contributed by atoms with Crippen molar-refractivity contribution in [3.05, 3.63) is 52.8 Å². The summed E-state index contributed by atoms with van der Waals surface area (Å²) in [5.41, 5.74) is 0.645. The van der Waals surface area contributed by atoms with Crippen molar-refractivity contribution < 1.29 is 22.7 Å². The molecule has 1 saturated heterocycles. The Morgan fingerprint density at radius 2 is 1.84 bits per heavy atom. The predicted molar refractivity (Wildman–Crippen MR) is 121 cm³/mol. The minimum Gasteiger partial charge on any atom is -0.464 e. The Kier molecular flexibility index (Phi) is 7.32. The van der Waals surface area contributed by atoms with E-state index in [-0.39, 0.29) is 33.5 Å². The first-order valence-electron chi connectivity index (χ1n) is 10.4. The van der Waals surface area contributed by atoms with E-state index in [4.69, 9.17) is 16.3 Å². The number of hydrogen-bond donors (Lipinski definition) is 0. The molecule has 1 aromatic heterocycles. The Morgan fingerprint density at radius 3 is 2.44 bits per heavy atom. The van der Waals surface area contributed by atoms with Crippen molar-refractivity contribution in [2.75, 3.05) is 27.2 Å². The second kappa shape index (κ2) is 9.64. The zero-order valence-corrected chi connectivity index (χ0v) is 20.2. The van der Waals surface area contributed by atoms with Crippen LogP contribution >= 0.6 is 11.6 Å². The molecule has 2 aromatic rings. The molecule has 32 heavy (non-hydrogen) atoms. The van der Waals surface area contributed by atoms with E-state index < -0.39 is 16.0 Å². The number of sulfonamides is 1. The molecule has 0 spiro atoms. The zero-order chi connectivity index (χ0) is 23.6. The Labute approximate surface area is 193 Å². The van der Waals surface area contributed by atoms with Crippen LogP contribution in [-0.4, -0.2) is 67.4 Å². The molecule has 8 nitrogen and oxygen atoms in total. The van der Waals surface area contributed by atoms with Gasteiger partial charge in [-0.15, -0.1) is 0 Å². The number of carbonyl (C=O) groups excluding carboxylic acids is 2.